The number of ether oxygens (including phenoxy) is 1. The Morgan fingerprint density at radius 1 is 1.03 bits per heavy atom. The molecule has 32 heavy (non-hydrogen) atoms. The van der Waals surface area contributed by atoms with Crippen molar-refractivity contribution >= 4 is 34.6 Å². The third-order valence-corrected chi connectivity index (χ3v) is 6.97. The van der Waals surface area contributed by atoms with Gasteiger partial charge in [0.1, 0.15) is 16.5 Å². The second kappa shape index (κ2) is 8.03. The summed E-state index contributed by atoms with van der Waals surface area (Å²) in [7, 11) is 1.60. The molecule has 9 heteroatoms. The van der Waals surface area contributed by atoms with Crippen molar-refractivity contribution in [2.24, 2.45) is 5.10 Å². The Morgan fingerprint density at radius 2 is 1.81 bits per heavy atom. The molecule has 0 unspecified atom stereocenters. The van der Waals surface area contributed by atoms with E-state index in [-0.39, 0.29) is 0 Å². The summed E-state index contributed by atoms with van der Waals surface area (Å²) in [5.41, 5.74) is 5.14. The fourth-order valence-corrected chi connectivity index (χ4v) is 5.06. The van der Waals surface area contributed by atoms with E-state index in [4.69, 9.17) is 21.4 Å². The van der Waals surface area contributed by atoms with E-state index >= 15 is 0 Å². The Hall–Kier alpha value is -3.23. The average molecular weight is 465 g/mol. The first kappa shape index (κ1) is 20.7. The molecule has 4 heterocycles. The molecule has 0 saturated carbocycles. The molecule has 0 spiro atoms. The van der Waals surface area contributed by atoms with Gasteiger partial charge in [0, 0.05) is 33.3 Å². The van der Waals surface area contributed by atoms with E-state index in [1.807, 2.05) is 48.3 Å². The van der Waals surface area contributed by atoms with Gasteiger partial charge in [-0.3, -0.25) is 4.57 Å². The van der Waals surface area contributed by atoms with Crippen LogP contribution in [0.3, 0.4) is 0 Å². The minimum Gasteiger partial charge on any atom is -0.481 e. The molecular formula is C23H21ClN6OS. The summed E-state index contributed by atoms with van der Waals surface area (Å²) in [5.74, 6) is 2.06. The number of thiophene rings is 1. The maximum absolute atomic E-state index is 6.17. The van der Waals surface area contributed by atoms with Crippen molar-refractivity contribution in [3.63, 3.8) is 0 Å². The van der Waals surface area contributed by atoms with Gasteiger partial charge in [-0.2, -0.15) is 5.10 Å². The highest BCUT2D eigenvalue weighted by molar-refractivity contribution is 7.15. The number of hydrogen-bond acceptors (Lipinski definition) is 7. The second-order valence-corrected chi connectivity index (χ2v) is 9.21. The highest BCUT2D eigenvalue weighted by Gasteiger charge is 2.30. The highest BCUT2D eigenvalue weighted by atomic mass is 35.5. The number of nitrogens with zero attached hydrogens (tertiary/aromatic N) is 6. The van der Waals surface area contributed by atoms with Gasteiger partial charge in [-0.25, -0.2) is 9.99 Å². The van der Waals surface area contributed by atoms with Crippen LogP contribution in [0.25, 0.3) is 5.00 Å². The molecule has 3 aromatic heterocycles. The third kappa shape index (κ3) is 3.45. The average Bonchev–Trinajstić information content (AvgIpc) is 3.27. The van der Waals surface area contributed by atoms with Crippen LogP contribution in [0, 0.1) is 20.8 Å². The summed E-state index contributed by atoms with van der Waals surface area (Å²) < 4.78 is 7.28. The van der Waals surface area contributed by atoms with Crippen LogP contribution in [0.4, 0.5) is 5.95 Å². The number of aromatic nitrogens is 4. The summed E-state index contributed by atoms with van der Waals surface area (Å²) in [4.78, 5) is 5.58. The molecule has 7 nitrogen and oxygen atoms in total. The Morgan fingerprint density at radius 3 is 2.50 bits per heavy atom. The minimum absolute atomic E-state index is 0.485. The molecule has 0 bridgehead atoms. The lowest BCUT2D eigenvalue weighted by Gasteiger charge is -2.18. The monoisotopic (exact) mass is 464 g/mol. The van der Waals surface area contributed by atoms with Crippen molar-refractivity contribution in [3.8, 4) is 10.9 Å². The van der Waals surface area contributed by atoms with E-state index < -0.39 is 0 Å². The van der Waals surface area contributed by atoms with E-state index in [9.17, 15) is 0 Å². The van der Waals surface area contributed by atoms with E-state index in [2.05, 4.69) is 33.6 Å². The number of hydrogen-bond donors (Lipinski definition) is 0. The molecule has 162 valence electrons. The molecule has 5 rings (SSSR count). The maximum atomic E-state index is 6.17. The van der Waals surface area contributed by atoms with Crippen molar-refractivity contribution in [2.45, 2.75) is 27.3 Å². The van der Waals surface area contributed by atoms with Gasteiger partial charge >= 0.3 is 0 Å². The zero-order valence-corrected chi connectivity index (χ0v) is 19.7. The molecule has 0 radical (unpaired) electrons. The highest BCUT2D eigenvalue weighted by Crippen LogP contribution is 2.38. The predicted molar refractivity (Wildman–Crippen MR) is 128 cm³/mol. The van der Waals surface area contributed by atoms with Gasteiger partial charge in [-0.15, -0.1) is 21.5 Å². The first-order chi connectivity index (χ1) is 15.5. The summed E-state index contributed by atoms with van der Waals surface area (Å²) in [5, 5.41) is 17.6. The maximum Gasteiger partial charge on any atom is 0.253 e. The first-order valence-corrected chi connectivity index (χ1v) is 11.3. The molecular weight excluding hydrogens is 444 g/mol. The number of fused-ring (bicyclic) bond motifs is 3. The molecule has 4 aromatic rings. The number of aryl methyl sites for hydroxylation is 2. The van der Waals surface area contributed by atoms with Gasteiger partial charge in [0.25, 0.3) is 5.95 Å². The van der Waals surface area contributed by atoms with Crippen molar-refractivity contribution in [2.75, 3.05) is 12.1 Å². The van der Waals surface area contributed by atoms with Crippen LogP contribution < -0.4 is 9.75 Å². The lowest BCUT2D eigenvalue weighted by molar-refractivity contribution is 0.397. The van der Waals surface area contributed by atoms with Gasteiger partial charge < -0.3 is 4.74 Å². The Balaban J connectivity index is 1.71. The smallest absolute Gasteiger partial charge is 0.253 e. The Labute approximate surface area is 195 Å². The summed E-state index contributed by atoms with van der Waals surface area (Å²) in [6.45, 7) is 6.72. The van der Waals surface area contributed by atoms with Crippen LogP contribution in [0.2, 0.25) is 5.02 Å². The molecule has 1 aromatic carbocycles. The molecule has 0 atom stereocenters. The van der Waals surface area contributed by atoms with Crippen LogP contribution in [0.1, 0.15) is 33.0 Å². The SMILES string of the molecule is COc1ccc(CN2N=C(c3ccc(Cl)cc3)c3c(sc(C)c3C)-n3c(C)nnc32)cn1. The number of hydrazone groups is 1. The molecule has 0 aliphatic carbocycles. The van der Waals surface area contributed by atoms with Gasteiger partial charge in [0.15, 0.2) is 0 Å². The third-order valence-electron chi connectivity index (χ3n) is 5.52. The molecule has 0 fully saturated rings. The topological polar surface area (TPSA) is 68.4 Å². The van der Waals surface area contributed by atoms with Crippen LogP contribution in [0.5, 0.6) is 5.88 Å². The van der Waals surface area contributed by atoms with Crippen molar-refractivity contribution in [3.05, 3.63) is 80.6 Å². The van der Waals surface area contributed by atoms with E-state index in [1.54, 1.807) is 24.6 Å². The quantitative estimate of drug-likeness (QED) is 0.421. The van der Waals surface area contributed by atoms with Gasteiger partial charge in [0.05, 0.1) is 13.7 Å². The first-order valence-electron chi connectivity index (χ1n) is 10.1. The van der Waals surface area contributed by atoms with Crippen molar-refractivity contribution in [1.82, 2.24) is 19.7 Å². The number of halogens is 1. The summed E-state index contributed by atoms with van der Waals surface area (Å²) in [6.07, 6.45) is 1.79. The zero-order chi connectivity index (χ0) is 22.4. The molecule has 0 N–H and O–H groups in total. The van der Waals surface area contributed by atoms with Crippen LogP contribution >= 0.6 is 22.9 Å². The van der Waals surface area contributed by atoms with E-state index in [0.29, 0.717) is 23.4 Å². The summed E-state index contributed by atoms with van der Waals surface area (Å²) >= 11 is 7.89. The molecule has 1 aliphatic heterocycles. The number of rotatable bonds is 4. The molecule has 0 saturated heterocycles. The molecule has 0 amide bonds. The van der Waals surface area contributed by atoms with E-state index in [0.717, 1.165) is 33.2 Å². The fourth-order valence-electron chi connectivity index (χ4n) is 3.73. The van der Waals surface area contributed by atoms with Crippen LogP contribution in [-0.4, -0.2) is 32.6 Å². The van der Waals surface area contributed by atoms with Crippen LogP contribution in [-0.2, 0) is 6.54 Å². The molecule has 1 aliphatic rings. The zero-order valence-electron chi connectivity index (χ0n) is 18.1. The number of pyridine rings is 1. The lowest BCUT2D eigenvalue weighted by Crippen LogP contribution is -2.20. The van der Waals surface area contributed by atoms with Crippen molar-refractivity contribution < 1.29 is 4.74 Å². The summed E-state index contributed by atoms with van der Waals surface area (Å²) in [6, 6.07) is 11.6. The normalized spacial score (nSPS) is 12.8. The van der Waals surface area contributed by atoms with Crippen LogP contribution in [0.15, 0.2) is 47.7 Å². The number of methoxy groups -OCH3 is 1. The number of benzene rings is 1. The van der Waals surface area contributed by atoms with Gasteiger partial charge in [-0.1, -0.05) is 29.8 Å². The van der Waals surface area contributed by atoms with Gasteiger partial charge in [-0.05, 0) is 44.0 Å². The lowest BCUT2D eigenvalue weighted by atomic mass is 10.00. The second-order valence-electron chi connectivity index (χ2n) is 7.57. The fraction of sp³-hybridized carbons (Fsp3) is 0.217. The Bertz CT molecular complexity index is 1320. The van der Waals surface area contributed by atoms with Crippen molar-refractivity contribution in [1.29, 1.82) is 0 Å². The standard InChI is InChI=1S/C23H21ClN6OS/c1-13-14(2)32-22-20(13)21(17-6-8-18(24)9-7-17)28-29(23-27-26-15(3)30(22)23)12-16-5-10-19(31-4)25-11-16/h5-11H,12H2,1-4H3. The number of anilines is 1. The largest absolute Gasteiger partial charge is 0.481 e. The minimum atomic E-state index is 0.485. The van der Waals surface area contributed by atoms with Gasteiger partial charge in [0.2, 0.25) is 5.88 Å². The predicted octanol–water partition coefficient (Wildman–Crippen LogP) is 5.08. The van der Waals surface area contributed by atoms with E-state index in [1.165, 1.54) is 10.4 Å². The Kier molecular flexibility index (Phi) is 5.19.